The first-order valence-electron chi connectivity index (χ1n) is 10.6. The highest BCUT2D eigenvalue weighted by molar-refractivity contribution is 5.79. The summed E-state index contributed by atoms with van der Waals surface area (Å²) >= 11 is 0. The Hall–Kier alpha value is -2.34. The molecular formula is C23H38N6. The maximum atomic E-state index is 4.61. The number of hydrogen-bond donors (Lipinski definition) is 1. The molecule has 0 spiro atoms. The minimum absolute atomic E-state index is 0.407. The van der Waals surface area contributed by atoms with Gasteiger partial charge in [0.05, 0.1) is 5.69 Å². The zero-order valence-electron chi connectivity index (χ0n) is 19.2. The van der Waals surface area contributed by atoms with Crippen LogP contribution in [0.2, 0.25) is 0 Å². The second kappa shape index (κ2) is 11.0. The number of hydrogen-bond acceptors (Lipinski definition) is 3. The van der Waals surface area contributed by atoms with Gasteiger partial charge in [0.2, 0.25) is 0 Å². The van der Waals surface area contributed by atoms with Crippen LogP contribution in [0, 0.1) is 0 Å². The molecule has 0 bridgehead atoms. The highest BCUT2D eigenvalue weighted by atomic mass is 15.3. The fourth-order valence-electron chi connectivity index (χ4n) is 3.53. The van der Waals surface area contributed by atoms with E-state index in [-0.39, 0.29) is 0 Å². The first kappa shape index (κ1) is 22.9. The maximum Gasteiger partial charge on any atom is 0.193 e. The number of nitrogens with one attached hydrogen (secondary N) is 1. The van der Waals surface area contributed by atoms with Crippen molar-refractivity contribution in [1.82, 2.24) is 24.9 Å². The third-order valence-electron chi connectivity index (χ3n) is 5.24. The van der Waals surface area contributed by atoms with Gasteiger partial charge in [-0.2, -0.15) is 5.10 Å². The molecular weight excluding hydrogens is 360 g/mol. The van der Waals surface area contributed by atoms with Gasteiger partial charge < -0.3 is 10.2 Å². The molecule has 0 saturated carbocycles. The molecule has 1 heterocycles. The molecule has 0 fully saturated rings. The van der Waals surface area contributed by atoms with Crippen molar-refractivity contribution in [2.75, 3.05) is 27.2 Å². The van der Waals surface area contributed by atoms with Gasteiger partial charge in [0.1, 0.15) is 0 Å². The lowest BCUT2D eigenvalue weighted by Crippen LogP contribution is -2.38. The molecule has 2 aromatic rings. The van der Waals surface area contributed by atoms with Crippen molar-refractivity contribution in [2.45, 2.75) is 53.2 Å². The van der Waals surface area contributed by atoms with Crippen LogP contribution in [0.25, 0.3) is 0 Å². The molecule has 1 N–H and O–H groups in total. The Kier molecular flexibility index (Phi) is 8.70. The van der Waals surface area contributed by atoms with Gasteiger partial charge in [-0.15, -0.1) is 0 Å². The highest BCUT2D eigenvalue weighted by Crippen LogP contribution is 2.18. The number of aryl methyl sites for hydroxylation is 1. The minimum atomic E-state index is 0.407. The van der Waals surface area contributed by atoms with Gasteiger partial charge in [-0.3, -0.25) is 14.6 Å². The van der Waals surface area contributed by atoms with E-state index in [4.69, 9.17) is 0 Å². The number of aliphatic imine (C=N–C) groups is 1. The third kappa shape index (κ3) is 6.60. The summed E-state index contributed by atoms with van der Waals surface area (Å²) in [5.74, 6) is 1.29. The van der Waals surface area contributed by atoms with E-state index < -0.39 is 0 Å². The van der Waals surface area contributed by atoms with Crippen molar-refractivity contribution in [3.63, 3.8) is 0 Å². The summed E-state index contributed by atoms with van der Waals surface area (Å²) in [6.07, 6.45) is 2.10. The molecule has 160 valence electrons. The molecule has 0 atom stereocenters. The first-order chi connectivity index (χ1) is 13.9. The molecule has 0 aliphatic heterocycles. The summed E-state index contributed by atoms with van der Waals surface area (Å²) in [4.78, 5) is 9.03. The average molecular weight is 399 g/mol. The van der Waals surface area contributed by atoms with Crippen molar-refractivity contribution >= 4 is 5.96 Å². The number of nitrogens with zero attached hydrogens (tertiary/aromatic N) is 5. The zero-order valence-corrected chi connectivity index (χ0v) is 19.2. The van der Waals surface area contributed by atoms with Gasteiger partial charge in [0.15, 0.2) is 5.96 Å². The van der Waals surface area contributed by atoms with E-state index in [0.29, 0.717) is 5.92 Å². The molecule has 1 aromatic heterocycles. The Morgan fingerprint density at radius 2 is 1.72 bits per heavy atom. The van der Waals surface area contributed by atoms with Gasteiger partial charge in [0, 0.05) is 52.5 Å². The second-order valence-corrected chi connectivity index (χ2v) is 7.90. The molecule has 29 heavy (non-hydrogen) atoms. The number of rotatable bonds is 9. The van der Waals surface area contributed by atoms with Crippen molar-refractivity contribution in [3.05, 3.63) is 52.8 Å². The lowest BCUT2D eigenvalue weighted by molar-refractivity contribution is 0.296. The van der Waals surface area contributed by atoms with Crippen LogP contribution in [0.3, 0.4) is 0 Å². The molecule has 0 unspecified atom stereocenters. The van der Waals surface area contributed by atoms with Crippen LogP contribution >= 0.6 is 0 Å². The Balaban J connectivity index is 1.95. The number of aromatic nitrogens is 2. The number of benzene rings is 1. The Morgan fingerprint density at radius 3 is 2.28 bits per heavy atom. The fourth-order valence-corrected chi connectivity index (χ4v) is 3.53. The summed E-state index contributed by atoms with van der Waals surface area (Å²) in [5.41, 5.74) is 5.01. The quantitative estimate of drug-likeness (QED) is 0.518. The Labute approximate surface area is 176 Å². The monoisotopic (exact) mass is 398 g/mol. The molecule has 0 aliphatic rings. The predicted octanol–water partition coefficient (Wildman–Crippen LogP) is 3.59. The van der Waals surface area contributed by atoms with E-state index in [1.165, 1.54) is 16.7 Å². The van der Waals surface area contributed by atoms with E-state index in [1.807, 2.05) is 18.8 Å². The largest absolute Gasteiger partial charge is 0.352 e. The van der Waals surface area contributed by atoms with Gasteiger partial charge in [-0.05, 0) is 30.1 Å². The first-order valence-corrected chi connectivity index (χ1v) is 10.6. The normalized spacial score (nSPS) is 12.1. The van der Waals surface area contributed by atoms with E-state index >= 15 is 0 Å². The average Bonchev–Trinajstić information content (AvgIpc) is 3.08. The molecule has 1 aromatic carbocycles. The minimum Gasteiger partial charge on any atom is -0.352 e. The van der Waals surface area contributed by atoms with Crippen LogP contribution in [0.1, 0.15) is 56.0 Å². The van der Waals surface area contributed by atoms with Crippen LogP contribution in [0.15, 0.2) is 35.5 Å². The summed E-state index contributed by atoms with van der Waals surface area (Å²) < 4.78 is 1.90. The van der Waals surface area contributed by atoms with Crippen LogP contribution in [-0.2, 0) is 26.7 Å². The molecule has 0 radical (unpaired) electrons. The van der Waals surface area contributed by atoms with E-state index in [1.54, 1.807) is 0 Å². The zero-order chi connectivity index (χ0) is 21.4. The van der Waals surface area contributed by atoms with Crippen molar-refractivity contribution in [2.24, 2.45) is 12.0 Å². The molecule has 2 rings (SSSR count). The number of guanidine groups is 1. The Bertz CT molecular complexity index is 771. The molecule has 0 aliphatic carbocycles. The van der Waals surface area contributed by atoms with Crippen molar-refractivity contribution in [1.29, 1.82) is 0 Å². The fraction of sp³-hybridized carbons (Fsp3) is 0.565. The van der Waals surface area contributed by atoms with Gasteiger partial charge in [0.25, 0.3) is 0 Å². The molecule has 6 nitrogen and oxygen atoms in total. The van der Waals surface area contributed by atoms with Gasteiger partial charge >= 0.3 is 0 Å². The highest BCUT2D eigenvalue weighted by Gasteiger charge is 2.15. The van der Waals surface area contributed by atoms with E-state index in [9.17, 15) is 0 Å². The SMILES string of the molecule is CCN(CC)Cc1ccc(CNC(=NC)N(C)Cc2cn(C)nc2C(C)C)cc1. The van der Waals surface area contributed by atoms with Crippen LogP contribution in [0.4, 0.5) is 0 Å². The predicted molar refractivity (Wildman–Crippen MR) is 122 cm³/mol. The van der Waals surface area contributed by atoms with Crippen LogP contribution < -0.4 is 5.32 Å². The third-order valence-corrected chi connectivity index (χ3v) is 5.24. The molecule has 0 amide bonds. The lowest BCUT2D eigenvalue weighted by atomic mass is 10.1. The van der Waals surface area contributed by atoms with Crippen molar-refractivity contribution in [3.8, 4) is 0 Å². The molecule has 6 heteroatoms. The standard InChI is InChI=1S/C23H38N6/c1-8-29(9-2)15-20-12-10-19(11-13-20)14-25-23(24-5)27(6)16-21-17-28(7)26-22(21)18(3)4/h10-13,17-18H,8-9,14-16H2,1-7H3,(H,24,25). The summed E-state index contributed by atoms with van der Waals surface area (Å²) in [6.45, 7) is 13.5. The van der Waals surface area contributed by atoms with Gasteiger partial charge in [-0.25, -0.2) is 0 Å². The van der Waals surface area contributed by atoms with E-state index in [2.05, 4.69) is 90.4 Å². The Morgan fingerprint density at radius 1 is 1.10 bits per heavy atom. The maximum absolute atomic E-state index is 4.61. The van der Waals surface area contributed by atoms with Crippen LogP contribution in [0.5, 0.6) is 0 Å². The lowest BCUT2D eigenvalue weighted by Gasteiger charge is -2.22. The van der Waals surface area contributed by atoms with Gasteiger partial charge in [-0.1, -0.05) is 52.0 Å². The van der Waals surface area contributed by atoms with Crippen molar-refractivity contribution < 1.29 is 0 Å². The summed E-state index contributed by atoms with van der Waals surface area (Å²) in [5, 5.41) is 8.09. The smallest absolute Gasteiger partial charge is 0.193 e. The molecule has 0 saturated heterocycles. The van der Waals surface area contributed by atoms with E-state index in [0.717, 1.165) is 44.4 Å². The summed E-state index contributed by atoms with van der Waals surface area (Å²) in [7, 11) is 5.88. The second-order valence-electron chi connectivity index (χ2n) is 7.90. The van der Waals surface area contributed by atoms with Crippen LogP contribution in [-0.4, -0.2) is 52.7 Å². The topological polar surface area (TPSA) is 48.7 Å². The summed E-state index contributed by atoms with van der Waals surface area (Å²) in [6, 6.07) is 8.87.